The highest BCUT2D eigenvalue weighted by molar-refractivity contribution is 5.92. The van der Waals surface area contributed by atoms with E-state index in [1.807, 2.05) is 0 Å². The maximum Gasteiger partial charge on any atom is 0.334 e. The zero-order valence-electron chi connectivity index (χ0n) is 6.77. The average molecular weight is 190 g/mol. The summed E-state index contributed by atoms with van der Waals surface area (Å²) in [5, 5.41) is 24.8. The molecule has 0 heterocycles. The predicted octanol–water partition coefficient (Wildman–Crippen LogP) is -1.13. The summed E-state index contributed by atoms with van der Waals surface area (Å²) in [6, 6.07) is 0. The number of esters is 1. The fourth-order valence-corrected chi connectivity index (χ4v) is 0.507. The molecule has 3 N–H and O–H groups in total. The fourth-order valence-electron chi connectivity index (χ4n) is 0.507. The molecular weight excluding hydrogens is 180 g/mol. The summed E-state index contributed by atoms with van der Waals surface area (Å²) in [7, 11) is 0. The zero-order chi connectivity index (χ0) is 10.4. The van der Waals surface area contributed by atoms with Gasteiger partial charge in [-0.1, -0.05) is 6.58 Å². The van der Waals surface area contributed by atoms with Crippen LogP contribution < -0.4 is 0 Å². The van der Waals surface area contributed by atoms with Gasteiger partial charge in [-0.3, -0.25) is 4.79 Å². The van der Waals surface area contributed by atoms with Crippen molar-refractivity contribution < 1.29 is 29.6 Å². The monoisotopic (exact) mass is 190 g/mol. The van der Waals surface area contributed by atoms with Crippen molar-refractivity contribution in [3.05, 3.63) is 12.2 Å². The SMILES string of the molecule is C=C(CC(=O)O)C(=O)OCC(O)O. The largest absolute Gasteiger partial charge is 0.481 e. The first kappa shape index (κ1) is 11.6. The molecule has 0 atom stereocenters. The first-order valence-electron chi connectivity index (χ1n) is 3.36. The Morgan fingerprint density at radius 2 is 1.92 bits per heavy atom. The van der Waals surface area contributed by atoms with Gasteiger partial charge < -0.3 is 20.1 Å². The van der Waals surface area contributed by atoms with E-state index < -0.39 is 31.3 Å². The minimum absolute atomic E-state index is 0.242. The topological polar surface area (TPSA) is 104 Å². The van der Waals surface area contributed by atoms with Crippen molar-refractivity contribution in [2.45, 2.75) is 12.7 Å². The number of carboxylic acids is 1. The molecule has 0 aromatic carbocycles. The van der Waals surface area contributed by atoms with Crippen LogP contribution >= 0.6 is 0 Å². The van der Waals surface area contributed by atoms with Crippen LogP contribution in [0.3, 0.4) is 0 Å². The molecule has 0 rings (SSSR count). The number of carbonyl (C=O) groups is 2. The second-order valence-corrected chi connectivity index (χ2v) is 2.25. The number of hydrogen-bond donors (Lipinski definition) is 3. The van der Waals surface area contributed by atoms with Gasteiger partial charge in [0.2, 0.25) is 0 Å². The molecule has 0 spiro atoms. The molecule has 0 unspecified atom stereocenters. The Morgan fingerprint density at radius 1 is 1.38 bits per heavy atom. The van der Waals surface area contributed by atoms with Crippen molar-refractivity contribution in [1.29, 1.82) is 0 Å². The van der Waals surface area contributed by atoms with Gasteiger partial charge in [0.15, 0.2) is 6.29 Å². The van der Waals surface area contributed by atoms with Crippen LogP contribution in [0.5, 0.6) is 0 Å². The van der Waals surface area contributed by atoms with Crippen molar-refractivity contribution in [3.63, 3.8) is 0 Å². The normalized spacial score (nSPS) is 9.77. The Hall–Kier alpha value is -1.40. The number of rotatable bonds is 5. The van der Waals surface area contributed by atoms with E-state index in [1.54, 1.807) is 0 Å². The summed E-state index contributed by atoms with van der Waals surface area (Å²) < 4.78 is 4.26. The van der Waals surface area contributed by atoms with E-state index in [1.165, 1.54) is 0 Å². The molecule has 0 aliphatic heterocycles. The van der Waals surface area contributed by atoms with Crippen LogP contribution in [0.2, 0.25) is 0 Å². The molecule has 0 fully saturated rings. The number of aliphatic hydroxyl groups excluding tert-OH is 1. The molecule has 0 bridgehead atoms. The van der Waals surface area contributed by atoms with Gasteiger partial charge in [-0.25, -0.2) is 4.79 Å². The third-order valence-electron chi connectivity index (χ3n) is 1.02. The highest BCUT2D eigenvalue weighted by Gasteiger charge is 2.13. The fraction of sp³-hybridized carbons (Fsp3) is 0.429. The maximum absolute atomic E-state index is 10.8. The third kappa shape index (κ3) is 5.83. The molecule has 6 nitrogen and oxygen atoms in total. The first-order valence-corrected chi connectivity index (χ1v) is 3.36. The number of aliphatic hydroxyl groups is 2. The lowest BCUT2D eigenvalue weighted by Crippen LogP contribution is -2.19. The lowest BCUT2D eigenvalue weighted by atomic mass is 10.2. The smallest absolute Gasteiger partial charge is 0.334 e. The number of aliphatic carboxylic acids is 1. The Labute approximate surface area is 74.1 Å². The third-order valence-corrected chi connectivity index (χ3v) is 1.02. The summed E-state index contributed by atoms with van der Waals surface area (Å²) in [5.41, 5.74) is -0.242. The van der Waals surface area contributed by atoms with E-state index in [2.05, 4.69) is 11.3 Å². The molecule has 0 aromatic heterocycles. The van der Waals surface area contributed by atoms with Gasteiger partial charge in [0.25, 0.3) is 0 Å². The molecule has 6 heteroatoms. The second-order valence-electron chi connectivity index (χ2n) is 2.25. The molecule has 0 aliphatic carbocycles. The predicted molar refractivity (Wildman–Crippen MR) is 40.6 cm³/mol. The standard InChI is InChI=1S/C7H10O6/c1-4(2-5(8)9)7(12)13-3-6(10)11/h6,10-11H,1-3H2,(H,8,9). The van der Waals surface area contributed by atoms with Crippen molar-refractivity contribution in [3.8, 4) is 0 Å². The van der Waals surface area contributed by atoms with Crippen molar-refractivity contribution in [2.24, 2.45) is 0 Å². The molecule has 0 amide bonds. The Morgan fingerprint density at radius 3 is 2.31 bits per heavy atom. The summed E-state index contributed by atoms with van der Waals surface area (Å²) in [5.74, 6) is -2.15. The molecule has 13 heavy (non-hydrogen) atoms. The molecule has 74 valence electrons. The van der Waals surface area contributed by atoms with Gasteiger partial charge in [0.1, 0.15) is 6.61 Å². The first-order chi connectivity index (χ1) is 5.93. The van der Waals surface area contributed by atoms with Crippen LogP contribution in [0.1, 0.15) is 6.42 Å². The Balaban J connectivity index is 3.83. The van der Waals surface area contributed by atoms with Gasteiger partial charge in [0, 0.05) is 5.57 Å². The second kappa shape index (κ2) is 5.28. The number of carbonyl (C=O) groups excluding carboxylic acids is 1. The lowest BCUT2D eigenvalue weighted by Gasteiger charge is -2.06. The Kier molecular flexibility index (Phi) is 4.71. The summed E-state index contributed by atoms with van der Waals surface area (Å²) in [4.78, 5) is 20.9. The summed E-state index contributed by atoms with van der Waals surface area (Å²) in [6.07, 6.45) is -2.29. The van der Waals surface area contributed by atoms with Gasteiger partial charge >= 0.3 is 11.9 Å². The average Bonchev–Trinajstić information content (AvgIpc) is 1.98. The summed E-state index contributed by atoms with van der Waals surface area (Å²) >= 11 is 0. The van der Waals surface area contributed by atoms with Crippen molar-refractivity contribution in [1.82, 2.24) is 0 Å². The van der Waals surface area contributed by atoms with Gasteiger partial charge in [-0.2, -0.15) is 0 Å². The number of carboxylic acid groups (broad SMARTS) is 1. The molecule has 0 radical (unpaired) electrons. The van der Waals surface area contributed by atoms with E-state index in [0.29, 0.717) is 0 Å². The van der Waals surface area contributed by atoms with Crippen LogP contribution in [0.4, 0.5) is 0 Å². The van der Waals surface area contributed by atoms with Crippen molar-refractivity contribution in [2.75, 3.05) is 6.61 Å². The van der Waals surface area contributed by atoms with Crippen molar-refractivity contribution >= 4 is 11.9 Å². The molecule has 0 aromatic rings. The van der Waals surface area contributed by atoms with Crippen LogP contribution in [-0.2, 0) is 14.3 Å². The number of hydrogen-bond acceptors (Lipinski definition) is 5. The van der Waals surface area contributed by atoms with Crippen LogP contribution in [-0.4, -0.2) is 40.2 Å². The van der Waals surface area contributed by atoms with E-state index >= 15 is 0 Å². The highest BCUT2D eigenvalue weighted by atomic mass is 16.6. The van der Waals surface area contributed by atoms with E-state index in [0.717, 1.165) is 0 Å². The highest BCUT2D eigenvalue weighted by Crippen LogP contribution is 2.00. The van der Waals surface area contributed by atoms with Gasteiger partial charge in [-0.15, -0.1) is 0 Å². The van der Waals surface area contributed by atoms with E-state index in [9.17, 15) is 9.59 Å². The molecular formula is C7H10O6. The summed E-state index contributed by atoms with van der Waals surface area (Å²) in [6.45, 7) is 2.55. The lowest BCUT2D eigenvalue weighted by molar-refractivity contribution is -0.153. The zero-order valence-corrected chi connectivity index (χ0v) is 6.77. The Bertz CT molecular complexity index is 219. The van der Waals surface area contributed by atoms with Crippen LogP contribution in [0.25, 0.3) is 0 Å². The molecule has 0 saturated heterocycles. The molecule has 0 aliphatic rings. The maximum atomic E-state index is 10.8. The minimum atomic E-state index is -1.76. The minimum Gasteiger partial charge on any atom is -0.481 e. The van der Waals surface area contributed by atoms with Gasteiger partial charge in [-0.05, 0) is 0 Å². The van der Waals surface area contributed by atoms with Gasteiger partial charge in [0.05, 0.1) is 6.42 Å². The van der Waals surface area contributed by atoms with Crippen LogP contribution in [0.15, 0.2) is 12.2 Å². The quantitative estimate of drug-likeness (QED) is 0.288. The number of ether oxygens (including phenoxy) is 1. The molecule has 0 saturated carbocycles. The van der Waals surface area contributed by atoms with E-state index in [4.69, 9.17) is 15.3 Å². The van der Waals surface area contributed by atoms with E-state index in [-0.39, 0.29) is 5.57 Å². The van der Waals surface area contributed by atoms with Crippen LogP contribution in [0, 0.1) is 0 Å².